The summed E-state index contributed by atoms with van der Waals surface area (Å²) >= 11 is 0. The molecule has 0 fully saturated rings. The molecule has 1 aromatic carbocycles. The van der Waals surface area contributed by atoms with Crippen LogP contribution in [0.4, 0.5) is 18.9 Å². The van der Waals surface area contributed by atoms with Crippen LogP contribution in [0.25, 0.3) is 0 Å². The highest BCUT2D eigenvalue weighted by Crippen LogP contribution is 2.27. The number of nitro benzene ring substituents is 1. The molecule has 6 nitrogen and oxygen atoms in total. The summed E-state index contributed by atoms with van der Waals surface area (Å²) in [5, 5.41) is 19.3. The Bertz CT molecular complexity index is 510. The van der Waals surface area contributed by atoms with Gasteiger partial charge in [0.1, 0.15) is 6.61 Å². The molecule has 0 N–H and O–H groups in total. The van der Waals surface area contributed by atoms with Crippen molar-refractivity contribution in [2.24, 2.45) is 0 Å². The molecule has 0 aromatic heterocycles. The minimum atomic E-state index is -4.50. The molecule has 19 heavy (non-hydrogen) atoms. The second-order valence-electron chi connectivity index (χ2n) is 3.28. The van der Waals surface area contributed by atoms with Crippen molar-refractivity contribution in [2.75, 3.05) is 13.4 Å². The molecule has 0 amide bonds. The summed E-state index contributed by atoms with van der Waals surface area (Å²) in [6, 6.07) is 5.01. The number of hydrogen-bond donors (Lipinski definition) is 0. The Morgan fingerprint density at radius 2 is 2.11 bits per heavy atom. The maximum absolute atomic E-state index is 11.8. The SMILES string of the molecule is N#Cc1ccc(OCOCC(F)(F)F)c([N+](=O)[O-])c1. The topological polar surface area (TPSA) is 85.4 Å². The Labute approximate surface area is 105 Å². The monoisotopic (exact) mass is 276 g/mol. The van der Waals surface area contributed by atoms with Crippen LogP contribution in [-0.2, 0) is 4.74 Å². The second-order valence-corrected chi connectivity index (χ2v) is 3.28. The van der Waals surface area contributed by atoms with Gasteiger partial charge >= 0.3 is 11.9 Å². The van der Waals surface area contributed by atoms with Crippen molar-refractivity contribution in [1.82, 2.24) is 0 Å². The first-order chi connectivity index (χ1) is 8.83. The lowest BCUT2D eigenvalue weighted by Gasteiger charge is -2.09. The van der Waals surface area contributed by atoms with Crippen LogP contribution in [0.2, 0.25) is 0 Å². The quantitative estimate of drug-likeness (QED) is 0.356. The van der Waals surface area contributed by atoms with Gasteiger partial charge in [-0.1, -0.05) is 0 Å². The van der Waals surface area contributed by atoms with E-state index in [4.69, 9.17) is 10.00 Å². The lowest BCUT2D eigenvalue weighted by molar-refractivity contribution is -0.386. The standard InChI is InChI=1S/C10H7F3N2O4/c11-10(12,13)5-18-6-19-9-2-1-7(4-14)3-8(9)15(16)17/h1-3H,5-6H2. The average molecular weight is 276 g/mol. The van der Waals surface area contributed by atoms with Crippen molar-refractivity contribution in [3.05, 3.63) is 33.9 Å². The number of benzene rings is 1. The number of nitro groups is 1. The van der Waals surface area contributed by atoms with Gasteiger partial charge in [0.05, 0.1) is 16.6 Å². The lowest BCUT2D eigenvalue weighted by Crippen LogP contribution is -2.19. The van der Waals surface area contributed by atoms with E-state index in [1.165, 1.54) is 6.07 Å². The van der Waals surface area contributed by atoms with E-state index in [-0.39, 0.29) is 11.3 Å². The number of nitriles is 1. The number of nitrogens with zero attached hydrogens (tertiary/aromatic N) is 2. The third-order valence-electron chi connectivity index (χ3n) is 1.85. The minimum absolute atomic E-state index is 0.0373. The van der Waals surface area contributed by atoms with Crippen molar-refractivity contribution in [3.8, 4) is 11.8 Å². The van der Waals surface area contributed by atoms with Gasteiger partial charge in [0, 0.05) is 6.07 Å². The summed E-state index contributed by atoms with van der Waals surface area (Å²) in [4.78, 5) is 9.87. The van der Waals surface area contributed by atoms with E-state index >= 15 is 0 Å². The van der Waals surface area contributed by atoms with E-state index in [1.807, 2.05) is 0 Å². The first-order valence-corrected chi connectivity index (χ1v) is 4.79. The third-order valence-corrected chi connectivity index (χ3v) is 1.85. The molecule has 9 heteroatoms. The van der Waals surface area contributed by atoms with Crippen LogP contribution in [0.15, 0.2) is 18.2 Å². The zero-order chi connectivity index (χ0) is 14.5. The maximum Gasteiger partial charge on any atom is 0.411 e. The molecule has 1 aromatic rings. The van der Waals surface area contributed by atoms with Gasteiger partial charge in [-0.25, -0.2) is 0 Å². The summed E-state index contributed by atoms with van der Waals surface area (Å²) in [5.74, 6) is -0.272. The predicted octanol–water partition coefficient (Wildman–Crippen LogP) is 2.38. The van der Waals surface area contributed by atoms with E-state index in [9.17, 15) is 23.3 Å². The van der Waals surface area contributed by atoms with Gasteiger partial charge in [-0.15, -0.1) is 0 Å². The molecule has 0 saturated heterocycles. The van der Waals surface area contributed by atoms with Gasteiger partial charge in [-0.05, 0) is 12.1 Å². The van der Waals surface area contributed by atoms with Crippen molar-refractivity contribution in [2.45, 2.75) is 6.18 Å². The minimum Gasteiger partial charge on any atom is -0.460 e. The Morgan fingerprint density at radius 1 is 1.42 bits per heavy atom. The summed E-state index contributed by atoms with van der Waals surface area (Å²) in [6.07, 6.45) is -4.50. The number of hydrogen-bond acceptors (Lipinski definition) is 5. The van der Waals surface area contributed by atoms with Crippen molar-refractivity contribution >= 4 is 5.69 Å². The van der Waals surface area contributed by atoms with Crippen LogP contribution in [0.3, 0.4) is 0 Å². The normalized spacial score (nSPS) is 10.8. The zero-order valence-electron chi connectivity index (χ0n) is 9.31. The van der Waals surface area contributed by atoms with Crippen molar-refractivity contribution < 1.29 is 27.6 Å². The molecule has 102 valence electrons. The summed E-state index contributed by atoms with van der Waals surface area (Å²) in [6.45, 7) is -2.30. The molecule has 0 unspecified atom stereocenters. The first kappa shape index (κ1) is 14.7. The molecule has 0 saturated carbocycles. The first-order valence-electron chi connectivity index (χ1n) is 4.79. The Balaban J connectivity index is 2.68. The summed E-state index contributed by atoms with van der Waals surface area (Å²) in [7, 11) is 0. The summed E-state index contributed by atoms with van der Waals surface area (Å²) < 4.78 is 44.2. The number of halogens is 3. The smallest absolute Gasteiger partial charge is 0.411 e. The highest BCUT2D eigenvalue weighted by Gasteiger charge is 2.27. The fraction of sp³-hybridized carbons (Fsp3) is 0.300. The molecule has 0 heterocycles. The lowest BCUT2D eigenvalue weighted by atomic mass is 10.2. The molecule has 1 rings (SSSR count). The Morgan fingerprint density at radius 3 is 2.63 bits per heavy atom. The van der Waals surface area contributed by atoms with E-state index in [0.717, 1.165) is 12.1 Å². The van der Waals surface area contributed by atoms with Crippen LogP contribution in [0.1, 0.15) is 5.56 Å². The van der Waals surface area contributed by atoms with Gasteiger partial charge in [-0.2, -0.15) is 18.4 Å². The van der Waals surface area contributed by atoms with Gasteiger partial charge in [0.25, 0.3) is 0 Å². The average Bonchev–Trinajstić information content (AvgIpc) is 2.33. The van der Waals surface area contributed by atoms with Crippen LogP contribution >= 0.6 is 0 Å². The van der Waals surface area contributed by atoms with Gasteiger partial charge in [-0.3, -0.25) is 10.1 Å². The largest absolute Gasteiger partial charge is 0.460 e. The number of alkyl halides is 3. The summed E-state index contributed by atoms with van der Waals surface area (Å²) in [5.41, 5.74) is -0.482. The fourth-order valence-electron chi connectivity index (χ4n) is 1.11. The molecule has 0 atom stereocenters. The Kier molecular flexibility index (Phi) is 4.66. The third kappa shape index (κ3) is 4.81. The van der Waals surface area contributed by atoms with Crippen LogP contribution in [0.5, 0.6) is 5.75 Å². The van der Waals surface area contributed by atoms with Gasteiger partial charge in [0.15, 0.2) is 12.5 Å². The number of ether oxygens (including phenoxy) is 2. The van der Waals surface area contributed by atoms with E-state index in [2.05, 4.69) is 4.74 Å². The molecule has 0 radical (unpaired) electrons. The molecule has 0 bridgehead atoms. The highest BCUT2D eigenvalue weighted by molar-refractivity contribution is 5.51. The second kappa shape index (κ2) is 6.01. The molecule has 0 aliphatic carbocycles. The van der Waals surface area contributed by atoms with E-state index in [0.29, 0.717) is 0 Å². The van der Waals surface area contributed by atoms with E-state index < -0.39 is 30.2 Å². The van der Waals surface area contributed by atoms with Crippen molar-refractivity contribution in [1.29, 1.82) is 5.26 Å². The van der Waals surface area contributed by atoms with Crippen LogP contribution in [-0.4, -0.2) is 24.5 Å². The van der Waals surface area contributed by atoms with Crippen LogP contribution in [0, 0.1) is 21.4 Å². The molecule has 0 aliphatic heterocycles. The van der Waals surface area contributed by atoms with Crippen LogP contribution < -0.4 is 4.74 Å². The zero-order valence-corrected chi connectivity index (χ0v) is 9.31. The van der Waals surface area contributed by atoms with E-state index in [1.54, 1.807) is 6.07 Å². The highest BCUT2D eigenvalue weighted by atomic mass is 19.4. The number of rotatable bonds is 5. The fourth-order valence-corrected chi connectivity index (χ4v) is 1.11. The molecule has 0 aliphatic rings. The molecular formula is C10H7F3N2O4. The molecule has 0 spiro atoms. The van der Waals surface area contributed by atoms with Gasteiger partial charge < -0.3 is 9.47 Å². The van der Waals surface area contributed by atoms with Gasteiger partial charge in [0.2, 0.25) is 0 Å². The molecular weight excluding hydrogens is 269 g/mol. The van der Waals surface area contributed by atoms with Crippen molar-refractivity contribution in [3.63, 3.8) is 0 Å². The Hall–Kier alpha value is -2.34. The maximum atomic E-state index is 11.8. The predicted molar refractivity (Wildman–Crippen MR) is 55.3 cm³/mol.